The van der Waals surface area contributed by atoms with Gasteiger partial charge in [-0.15, -0.1) is 0 Å². The van der Waals surface area contributed by atoms with Gasteiger partial charge in [0.05, 0.1) is 23.5 Å². The highest BCUT2D eigenvalue weighted by Gasteiger charge is 2.43. The van der Waals surface area contributed by atoms with Crippen LogP contribution in [0.4, 0.5) is 5.69 Å². The lowest BCUT2D eigenvalue weighted by Crippen LogP contribution is -2.47. The predicted octanol–water partition coefficient (Wildman–Crippen LogP) is 4.82. The molecule has 0 N–H and O–H groups in total. The van der Waals surface area contributed by atoms with Gasteiger partial charge in [-0.2, -0.15) is 0 Å². The number of aryl methyl sites for hydroxylation is 2. The number of anilines is 1. The van der Waals surface area contributed by atoms with E-state index < -0.39 is 0 Å². The summed E-state index contributed by atoms with van der Waals surface area (Å²) in [6, 6.07) is 13.7. The standard InChI is InChI=1S/C27H32N2O3/c1-16(2)21-9-11-23(12-10-21)29-26(30)24(22-8-7-17(3)18(4)13-22)25(27(29)31)28-14-19(5)32-20(6)15-28/h7-13,16,19-20H,14-15H2,1-6H3. The van der Waals surface area contributed by atoms with Crippen molar-refractivity contribution in [1.29, 1.82) is 0 Å². The Morgan fingerprint density at radius 1 is 0.875 bits per heavy atom. The van der Waals surface area contributed by atoms with Crippen molar-refractivity contribution in [2.75, 3.05) is 18.0 Å². The smallest absolute Gasteiger partial charge is 0.282 e. The van der Waals surface area contributed by atoms with Crippen LogP contribution in [-0.4, -0.2) is 42.0 Å². The Morgan fingerprint density at radius 2 is 1.50 bits per heavy atom. The van der Waals surface area contributed by atoms with E-state index in [-0.39, 0.29) is 24.0 Å². The van der Waals surface area contributed by atoms with E-state index in [1.807, 2.05) is 75.1 Å². The first kappa shape index (κ1) is 22.3. The summed E-state index contributed by atoms with van der Waals surface area (Å²) in [6.45, 7) is 13.5. The number of rotatable bonds is 4. The first-order valence-electron chi connectivity index (χ1n) is 11.4. The van der Waals surface area contributed by atoms with Crippen molar-refractivity contribution >= 4 is 23.1 Å². The molecule has 0 bridgehead atoms. The van der Waals surface area contributed by atoms with E-state index in [2.05, 4.69) is 13.8 Å². The van der Waals surface area contributed by atoms with Gasteiger partial charge in [-0.05, 0) is 68.0 Å². The Kier molecular flexibility index (Phi) is 5.95. The molecule has 2 aromatic rings. The lowest BCUT2D eigenvalue weighted by molar-refractivity contribution is -0.121. The number of morpholine rings is 1. The first-order valence-corrected chi connectivity index (χ1v) is 11.4. The summed E-state index contributed by atoms with van der Waals surface area (Å²) in [5.74, 6) is -0.149. The number of hydrogen-bond donors (Lipinski definition) is 0. The van der Waals surface area contributed by atoms with Crippen LogP contribution in [0, 0.1) is 13.8 Å². The minimum absolute atomic E-state index is 0.0190. The Balaban J connectivity index is 1.82. The maximum Gasteiger partial charge on any atom is 0.282 e. The second-order valence-corrected chi connectivity index (χ2v) is 9.38. The molecule has 2 aromatic carbocycles. The van der Waals surface area contributed by atoms with Crippen LogP contribution in [0.15, 0.2) is 48.2 Å². The number of carbonyl (C=O) groups excluding carboxylic acids is 2. The lowest BCUT2D eigenvalue weighted by Gasteiger charge is -2.37. The van der Waals surface area contributed by atoms with Gasteiger partial charge < -0.3 is 9.64 Å². The number of benzene rings is 2. The van der Waals surface area contributed by atoms with E-state index in [4.69, 9.17) is 4.74 Å². The summed E-state index contributed by atoms with van der Waals surface area (Å²) in [4.78, 5) is 30.8. The molecule has 1 saturated heterocycles. The van der Waals surface area contributed by atoms with E-state index in [0.717, 1.165) is 16.7 Å². The van der Waals surface area contributed by atoms with Crippen molar-refractivity contribution in [2.45, 2.75) is 59.7 Å². The Morgan fingerprint density at radius 3 is 2.06 bits per heavy atom. The molecular formula is C27H32N2O3. The molecule has 5 heteroatoms. The molecule has 0 spiro atoms. The van der Waals surface area contributed by atoms with Crippen LogP contribution in [-0.2, 0) is 14.3 Å². The zero-order chi connectivity index (χ0) is 23.2. The fraction of sp³-hybridized carbons (Fsp3) is 0.407. The molecule has 0 aliphatic carbocycles. The second-order valence-electron chi connectivity index (χ2n) is 9.38. The van der Waals surface area contributed by atoms with Crippen LogP contribution in [0.25, 0.3) is 5.57 Å². The fourth-order valence-electron chi connectivity index (χ4n) is 4.57. The van der Waals surface area contributed by atoms with Crippen LogP contribution in [0.2, 0.25) is 0 Å². The fourth-order valence-corrected chi connectivity index (χ4v) is 4.57. The van der Waals surface area contributed by atoms with Gasteiger partial charge in [-0.1, -0.05) is 44.2 Å². The minimum atomic E-state index is -0.266. The predicted molar refractivity (Wildman–Crippen MR) is 127 cm³/mol. The number of ether oxygens (including phenoxy) is 1. The molecule has 2 heterocycles. The van der Waals surface area contributed by atoms with Crippen LogP contribution >= 0.6 is 0 Å². The van der Waals surface area contributed by atoms with E-state index >= 15 is 0 Å². The maximum absolute atomic E-state index is 13.7. The van der Waals surface area contributed by atoms with Gasteiger partial charge in [0.1, 0.15) is 5.70 Å². The van der Waals surface area contributed by atoms with Crippen molar-refractivity contribution in [1.82, 2.24) is 4.90 Å². The second kappa shape index (κ2) is 8.55. The molecule has 0 radical (unpaired) electrons. The third kappa shape index (κ3) is 3.97. The van der Waals surface area contributed by atoms with E-state index in [1.54, 1.807) is 0 Å². The molecule has 0 saturated carbocycles. The van der Waals surface area contributed by atoms with Gasteiger partial charge in [-0.3, -0.25) is 9.59 Å². The minimum Gasteiger partial charge on any atom is -0.372 e. The van der Waals surface area contributed by atoms with Gasteiger partial charge in [0.2, 0.25) is 0 Å². The average molecular weight is 433 g/mol. The van der Waals surface area contributed by atoms with Crippen molar-refractivity contribution in [3.8, 4) is 0 Å². The van der Waals surface area contributed by atoms with Crippen LogP contribution in [0.3, 0.4) is 0 Å². The van der Waals surface area contributed by atoms with Gasteiger partial charge in [-0.25, -0.2) is 4.90 Å². The third-order valence-corrected chi connectivity index (χ3v) is 6.41. The van der Waals surface area contributed by atoms with Gasteiger partial charge in [0.15, 0.2) is 0 Å². The highest BCUT2D eigenvalue weighted by atomic mass is 16.5. The Bertz CT molecular complexity index is 1070. The molecule has 5 nitrogen and oxygen atoms in total. The SMILES string of the molecule is Cc1ccc(C2=C(N3CC(C)OC(C)C3)C(=O)N(c3ccc(C(C)C)cc3)C2=O)cc1C. The molecule has 2 aliphatic heterocycles. The monoisotopic (exact) mass is 432 g/mol. The number of hydrogen-bond acceptors (Lipinski definition) is 4. The molecule has 2 aliphatic rings. The van der Waals surface area contributed by atoms with E-state index in [0.29, 0.717) is 36.0 Å². The van der Waals surface area contributed by atoms with Crippen LogP contribution in [0.1, 0.15) is 55.9 Å². The summed E-state index contributed by atoms with van der Waals surface area (Å²) in [7, 11) is 0. The zero-order valence-corrected chi connectivity index (χ0v) is 19.8. The van der Waals surface area contributed by atoms with E-state index in [1.165, 1.54) is 10.5 Å². The molecule has 168 valence electrons. The highest BCUT2D eigenvalue weighted by Crippen LogP contribution is 2.36. The number of carbonyl (C=O) groups is 2. The largest absolute Gasteiger partial charge is 0.372 e. The van der Waals surface area contributed by atoms with Gasteiger partial charge >= 0.3 is 0 Å². The summed E-state index contributed by atoms with van der Waals surface area (Å²) < 4.78 is 5.89. The van der Waals surface area contributed by atoms with Crippen LogP contribution < -0.4 is 4.90 Å². The normalized spacial score (nSPS) is 21.8. The molecule has 1 fully saturated rings. The molecule has 2 amide bonds. The molecule has 32 heavy (non-hydrogen) atoms. The van der Waals surface area contributed by atoms with Gasteiger partial charge in [0.25, 0.3) is 11.8 Å². The van der Waals surface area contributed by atoms with Crippen LogP contribution in [0.5, 0.6) is 0 Å². The quantitative estimate of drug-likeness (QED) is 0.650. The van der Waals surface area contributed by atoms with Crippen molar-refractivity contribution in [3.05, 3.63) is 70.4 Å². The zero-order valence-electron chi connectivity index (χ0n) is 19.8. The average Bonchev–Trinajstić information content (AvgIpc) is 2.99. The Labute approximate surface area is 190 Å². The summed E-state index contributed by atoms with van der Waals surface area (Å²) in [5, 5.41) is 0. The molecule has 0 aromatic heterocycles. The number of nitrogens with zero attached hydrogens (tertiary/aromatic N) is 2. The molecule has 2 atom stereocenters. The summed E-state index contributed by atoms with van der Waals surface area (Å²) >= 11 is 0. The highest BCUT2D eigenvalue weighted by molar-refractivity contribution is 6.45. The molecule has 4 rings (SSSR count). The van der Waals surface area contributed by atoms with Crippen molar-refractivity contribution < 1.29 is 14.3 Å². The van der Waals surface area contributed by atoms with Crippen molar-refractivity contribution in [3.63, 3.8) is 0 Å². The maximum atomic E-state index is 13.7. The Hall–Kier alpha value is -2.92. The third-order valence-electron chi connectivity index (χ3n) is 6.41. The van der Waals surface area contributed by atoms with Crippen molar-refractivity contribution in [2.24, 2.45) is 0 Å². The van der Waals surface area contributed by atoms with E-state index in [9.17, 15) is 9.59 Å². The number of amides is 2. The summed E-state index contributed by atoms with van der Waals surface area (Å²) in [6.07, 6.45) is -0.0379. The topological polar surface area (TPSA) is 49.9 Å². The summed E-state index contributed by atoms with van der Waals surface area (Å²) in [5.41, 5.74) is 5.77. The van der Waals surface area contributed by atoms with Gasteiger partial charge in [0, 0.05) is 13.1 Å². The molecule has 2 unspecified atom stereocenters. The first-order chi connectivity index (χ1) is 15.2. The number of imide groups is 1. The lowest BCUT2D eigenvalue weighted by atomic mass is 9.99. The molecular weight excluding hydrogens is 400 g/mol.